The van der Waals surface area contributed by atoms with Gasteiger partial charge in [0.2, 0.25) is 5.82 Å². The molecule has 1 aliphatic heterocycles. The topological polar surface area (TPSA) is 109 Å². The zero-order valence-electron chi connectivity index (χ0n) is 11.3. The second-order valence-electron chi connectivity index (χ2n) is 5.14. The Balaban J connectivity index is 2.33. The minimum absolute atomic E-state index is 0.116. The van der Waals surface area contributed by atoms with Crippen LogP contribution in [0.5, 0.6) is 0 Å². The molecule has 0 saturated carbocycles. The lowest BCUT2D eigenvalue weighted by atomic mass is 9.87. The molecule has 7 heteroatoms. The first-order valence-corrected chi connectivity index (χ1v) is 6.56. The smallest absolute Gasteiger partial charge is 0.312 e. The zero-order chi connectivity index (χ0) is 14.7. The first kappa shape index (κ1) is 14.2. The Morgan fingerprint density at radius 1 is 1.70 bits per heavy atom. The Morgan fingerprint density at radius 2 is 2.45 bits per heavy atom. The number of piperidine rings is 1. The molecule has 20 heavy (non-hydrogen) atoms. The highest BCUT2D eigenvalue weighted by Gasteiger charge is 2.30. The van der Waals surface area contributed by atoms with Crippen molar-refractivity contribution in [1.82, 2.24) is 4.98 Å². The highest BCUT2D eigenvalue weighted by molar-refractivity contribution is 5.60. The molecule has 0 amide bonds. The molecule has 2 unspecified atom stereocenters. The third-order valence-corrected chi connectivity index (χ3v) is 3.89. The van der Waals surface area contributed by atoms with E-state index in [2.05, 4.69) is 11.9 Å². The van der Waals surface area contributed by atoms with E-state index in [1.54, 1.807) is 0 Å². The summed E-state index contributed by atoms with van der Waals surface area (Å²) >= 11 is 0. The van der Waals surface area contributed by atoms with Crippen LogP contribution in [0.3, 0.4) is 0 Å². The van der Waals surface area contributed by atoms with Gasteiger partial charge in [-0.25, -0.2) is 4.98 Å². The maximum Gasteiger partial charge on any atom is 0.312 e. The van der Waals surface area contributed by atoms with Gasteiger partial charge in [0, 0.05) is 25.4 Å². The molecule has 0 aromatic carbocycles. The highest BCUT2D eigenvalue weighted by Crippen LogP contribution is 2.31. The second-order valence-corrected chi connectivity index (χ2v) is 5.14. The van der Waals surface area contributed by atoms with Gasteiger partial charge >= 0.3 is 5.69 Å². The predicted octanol–water partition coefficient (Wildman–Crippen LogP) is 1.28. The van der Waals surface area contributed by atoms with Crippen LogP contribution in [0.25, 0.3) is 0 Å². The van der Waals surface area contributed by atoms with Gasteiger partial charge in [0.05, 0.1) is 10.5 Å². The van der Waals surface area contributed by atoms with E-state index in [4.69, 9.17) is 11.0 Å². The van der Waals surface area contributed by atoms with Crippen LogP contribution < -0.4 is 10.6 Å². The third kappa shape index (κ3) is 2.70. The summed E-state index contributed by atoms with van der Waals surface area (Å²) in [6, 6.07) is 3.15. The number of hydrogen-bond donors (Lipinski definition) is 1. The molecular formula is C13H17N5O2. The van der Waals surface area contributed by atoms with Crippen molar-refractivity contribution in [2.24, 2.45) is 17.6 Å². The fourth-order valence-electron chi connectivity index (χ4n) is 2.53. The van der Waals surface area contributed by atoms with Gasteiger partial charge in [0.1, 0.15) is 6.07 Å². The number of nitriles is 1. The average Bonchev–Trinajstić information content (AvgIpc) is 2.47. The Labute approximate surface area is 117 Å². The minimum atomic E-state index is -0.487. The lowest BCUT2D eigenvalue weighted by Gasteiger charge is -2.36. The van der Waals surface area contributed by atoms with Crippen LogP contribution >= 0.6 is 0 Å². The van der Waals surface area contributed by atoms with E-state index in [-0.39, 0.29) is 11.3 Å². The van der Waals surface area contributed by atoms with Crippen molar-refractivity contribution < 1.29 is 4.92 Å². The molecule has 2 atom stereocenters. The largest absolute Gasteiger partial charge is 0.351 e. The number of pyridine rings is 1. The van der Waals surface area contributed by atoms with Crippen LogP contribution in [0.2, 0.25) is 0 Å². The fourth-order valence-corrected chi connectivity index (χ4v) is 2.53. The number of nitrogens with two attached hydrogens (primary N) is 1. The van der Waals surface area contributed by atoms with Gasteiger partial charge in [0.15, 0.2) is 0 Å². The van der Waals surface area contributed by atoms with Gasteiger partial charge in [-0.2, -0.15) is 5.26 Å². The van der Waals surface area contributed by atoms with Gasteiger partial charge in [-0.3, -0.25) is 10.1 Å². The van der Waals surface area contributed by atoms with Crippen molar-refractivity contribution in [1.29, 1.82) is 5.26 Å². The van der Waals surface area contributed by atoms with E-state index in [0.717, 1.165) is 13.0 Å². The Morgan fingerprint density at radius 3 is 3.05 bits per heavy atom. The van der Waals surface area contributed by atoms with E-state index in [1.165, 1.54) is 12.3 Å². The molecule has 1 aromatic rings. The van der Waals surface area contributed by atoms with Gasteiger partial charge in [0.25, 0.3) is 0 Å². The van der Waals surface area contributed by atoms with Crippen LogP contribution in [0.15, 0.2) is 12.3 Å². The maximum atomic E-state index is 11.2. The molecule has 1 saturated heterocycles. The number of hydrogen-bond acceptors (Lipinski definition) is 6. The number of nitro groups is 1. The molecular weight excluding hydrogens is 258 g/mol. The predicted molar refractivity (Wildman–Crippen MR) is 74.1 cm³/mol. The fraction of sp³-hybridized carbons (Fsp3) is 0.538. The first-order chi connectivity index (χ1) is 9.56. The van der Waals surface area contributed by atoms with Gasteiger partial charge < -0.3 is 10.6 Å². The lowest BCUT2D eigenvalue weighted by molar-refractivity contribution is -0.384. The molecule has 2 rings (SSSR count). The van der Waals surface area contributed by atoms with E-state index in [9.17, 15) is 10.1 Å². The molecule has 1 aromatic heterocycles. The number of aromatic nitrogens is 1. The van der Waals surface area contributed by atoms with Gasteiger partial charge in [-0.1, -0.05) is 6.92 Å². The van der Waals surface area contributed by atoms with Crippen LogP contribution in [0, 0.1) is 33.3 Å². The van der Waals surface area contributed by atoms with Crippen LogP contribution in [0.4, 0.5) is 11.5 Å². The summed E-state index contributed by atoms with van der Waals surface area (Å²) in [6.45, 7) is 4.09. The Kier molecular flexibility index (Phi) is 4.15. The summed E-state index contributed by atoms with van der Waals surface area (Å²) in [7, 11) is 0. The summed E-state index contributed by atoms with van der Waals surface area (Å²) in [4.78, 5) is 16.7. The summed E-state index contributed by atoms with van der Waals surface area (Å²) in [5.74, 6) is 1.15. The molecule has 0 bridgehead atoms. The second kappa shape index (κ2) is 5.84. The van der Waals surface area contributed by atoms with Crippen molar-refractivity contribution in [3.05, 3.63) is 27.9 Å². The molecule has 1 aliphatic rings. The number of rotatable bonds is 3. The van der Waals surface area contributed by atoms with Crippen molar-refractivity contribution in [3.63, 3.8) is 0 Å². The van der Waals surface area contributed by atoms with E-state index in [1.807, 2.05) is 11.0 Å². The lowest BCUT2D eigenvalue weighted by Crippen LogP contribution is -2.43. The molecule has 2 N–H and O–H groups in total. The maximum absolute atomic E-state index is 11.2. The Bertz CT molecular complexity index is 554. The van der Waals surface area contributed by atoms with Gasteiger partial charge in [-0.15, -0.1) is 0 Å². The van der Waals surface area contributed by atoms with E-state index >= 15 is 0 Å². The number of nitrogens with zero attached hydrogens (tertiary/aromatic N) is 4. The van der Waals surface area contributed by atoms with Crippen molar-refractivity contribution in [3.8, 4) is 6.07 Å². The summed E-state index contributed by atoms with van der Waals surface area (Å²) in [5.41, 5.74) is 5.83. The minimum Gasteiger partial charge on any atom is -0.351 e. The van der Waals surface area contributed by atoms with E-state index in [0.29, 0.717) is 30.7 Å². The monoisotopic (exact) mass is 275 g/mol. The SMILES string of the molecule is CC1CCN(c2ncc(C#N)cc2[N+](=O)[O-])CC1CN. The molecule has 1 fully saturated rings. The standard InChI is InChI=1S/C13H17N5O2/c1-9-2-3-17(8-11(9)6-15)13-12(18(19)20)4-10(5-14)7-16-13/h4,7,9,11H,2-3,6,8,15H2,1H3. The number of anilines is 1. The molecule has 2 heterocycles. The van der Waals surface area contributed by atoms with Crippen LogP contribution in [-0.2, 0) is 0 Å². The first-order valence-electron chi connectivity index (χ1n) is 6.56. The summed E-state index contributed by atoms with van der Waals surface area (Å²) in [6.07, 6.45) is 2.30. The van der Waals surface area contributed by atoms with Crippen molar-refractivity contribution >= 4 is 11.5 Å². The Hall–Kier alpha value is -2.20. The summed E-state index contributed by atoms with van der Waals surface area (Å²) < 4.78 is 0. The van der Waals surface area contributed by atoms with Gasteiger partial charge in [-0.05, 0) is 24.8 Å². The molecule has 0 radical (unpaired) electrons. The average molecular weight is 275 g/mol. The summed E-state index contributed by atoms with van der Waals surface area (Å²) in [5, 5.41) is 20.0. The van der Waals surface area contributed by atoms with Crippen molar-refractivity contribution in [2.75, 3.05) is 24.5 Å². The molecule has 106 valence electrons. The van der Waals surface area contributed by atoms with E-state index < -0.39 is 4.92 Å². The van der Waals surface area contributed by atoms with Crippen LogP contribution in [-0.4, -0.2) is 29.5 Å². The highest BCUT2D eigenvalue weighted by atomic mass is 16.6. The quantitative estimate of drug-likeness (QED) is 0.657. The zero-order valence-corrected chi connectivity index (χ0v) is 11.3. The van der Waals surface area contributed by atoms with Crippen molar-refractivity contribution in [2.45, 2.75) is 13.3 Å². The molecule has 7 nitrogen and oxygen atoms in total. The third-order valence-electron chi connectivity index (χ3n) is 3.89. The molecule has 0 aliphatic carbocycles. The molecule has 0 spiro atoms. The van der Waals surface area contributed by atoms with Crippen LogP contribution in [0.1, 0.15) is 18.9 Å². The normalized spacial score (nSPS) is 22.4.